The van der Waals surface area contributed by atoms with Crippen molar-refractivity contribution in [2.75, 3.05) is 26.7 Å². The largest absolute Gasteiger partial charge is 0.465 e. The van der Waals surface area contributed by atoms with Crippen LogP contribution in [0.4, 0.5) is 0 Å². The van der Waals surface area contributed by atoms with Gasteiger partial charge in [-0.15, -0.1) is 12.4 Å². The summed E-state index contributed by atoms with van der Waals surface area (Å²) >= 11 is 3.16. The molecule has 0 saturated heterocycles. The van der Waals surface area contributed by atoms with Crippen LogP contribution in [0.25, 0.3) is 0 Å². The van der Waals surface area contributed by atoms with Crippen molar-refractivity contribution in [3.63, 3.8) is 0 Å². The number of rotatable bonds is 7. The predicted octanol–water partition coefficient (Wildman–Crippen LogP) is 1.55. The second kappa shape index (κ2) is 9.37. The first kappa shape index (κ1) is 20.3. The summed E-state index contributed by atoms with van der Waals surface area (Å²) in [5, 5.41) is 3.02. The van der Waals surface area contributed by atoms with E-state index in [9.17, 15) is 13.2 Å². The normalized spacial score (nSPS) is 10.8. The Balaban J connectivity index is 0.00000400. The average Bonchev–Trinajstić information content (AvgIpc) is 2.42. The van der Waals surface area contributed by atoms with E-state index >= 15 is 0 Å². The van der Waals surface area contributed by atoms with Gasteiger partial charge in [0.15, 0.2) is 0 Å². The molecule has 0 amide bonds. The number of ether oxygens (including phenoxy) is 1. The second-order valence-corrected chi connectivity index (χ2v) is 6.48. The molecule has 0 heterocycles. The number of carbonyl (C=O) groups is 1. The van der Waals surface area contributed by atoms with E-state index in [2.05, 4.69) is 30.7 Å². The van der Waals surface area contributed by atoms with Crippen LogP contribution in [0.15, 0.2) is 27.6 Å². The lowest BCUT2D eigenvalue weighted by Gasteiger charge is -2.09. The van der Waals surface area contributed by atoms with Crippen molar-refractivity contribution in [2.45, 2.75) is 11.8 Å². The highest BCUT2D eigenvalue weighted by atomic mass is 79.9. The SMILES string of the molecule is CCNCCNS(=O)(=O)c1ccc(C(=O)OC)cc1Br.Cl. The number of benzene rings is 1. The Morgan fingerprint density at radius 1 is 1.33 bits per heavy atom. The van der Waals surface area contributed by atoms with Crippen molar-refractivity contribution in [1.82, 2.24) is 10.0 Å². The number of sulfonamides is 1. The summed E-state index contributed by atoms with van der Waals surface area (Å²) in [4.78, 5) is 11.4. The van der Waals surface area contributed by atoms with Crippen molar-refractivity contribution in [3.05, 3.63) is 28.2 Å². The number of carbonyl (C=O) groups excluding carboxylic acids is 1. The minimum atomic E-state index is -3.61. The summed E-state index contributed by atoms with van der Waals surface area (Å²) in [7, 11) is -2.34. The standard InChI is InChI=1S/C12H17BrN2O4S.ClH/c1-3-14-6-7-15-20(17,18)11-5-4-9(8-10(11)13)12(16)19-2;/h4-5,8,14-15H,3,6-7H2,1-2H3;1H. The third kappa shape index (κ3) is 5.91. The maximum Gasteiger partial charge on any atom is 0.337 e. The van der Waals surface area contributed by atoms with E-state index in [0.29, 0.717) is 17.6 Å². The molecule has 0 aliphatic carbocycles. The lowest BCUT2D eigenvalue weighted by Crippen LogP contribution is -2.32. The molecule has 0 atom stereocenters. The number of hydrogen-bond donors (Lipinski definition) is 2. The highest BCUT2D eigenvalue weighted by molar-refractivity contribution is 9.10. The maximum absolute atomic E-state index is 12.1. The minimum Gasteiger partial charge on any atom is -0.465 e. The highest BCUT2D eigenvalue weighted by Gasteiger charge is 2.18. The molecule has 0 aromatic heterocycles. The summed E-state index contributed by atoms with van der Waals surface area (Å²) < 4.78 is 31.5. The van der Waals surface area contributed by atoms with Crippen LogP contribution in [-0.4, -0.2) is 41.1 Å². The molecule has 1 aromatic carbocycles. The van der Waals surface area contributed by atoms with Crippen molar-refractivity contribution >= 4 is 44.3 Å². The molecule has 0 spiro atoms. The first-order valence-electron chi connectivity index (χ1n) is 6.00. The Kier molecular flexibility index (Phi) is 9.07. The quantitative estimate of drug-likeness (QED) is 0.535. The fourth-order valence-corrected chi connectivity index (χ4v) is 3.60. The number of esters is 1. The fraction of sp³-hybridized carbons (Fsp3) is 0.417. The van der Waals surface area contributed by atoms with Crippen molar-refractivity contribution in [2.24, 2.45) is 0 Å². The van der Waals surface area contributed by atoms with Crippen LogP contribution in [0.1, 0.15) is 17.3 Å². The third-order valence-corrected chi connectivity index (χ3v) is 4.92. The van der Waals surface area contributed by atoms with E-state index in [1.165, 1.54) is 25.3 Å². The monoisotopic (exact) mass is 400 g/mol. The molecule has 0 saturated carbocycles. The molecule has 0 radical (unpaired) electrons. The van der Waals surface area contributed by atoms with Crippen LogP contribution in [-0.2, 0) is 14.8 Å². The number of halogens is 2. The molecule has 9 heteroatoms. The molecule has 120 valence electrons. The molecular weight excluding hydrogens is 384 g/mol. The summed E-state index contributed by atoms with van der Waals surface area (Å²) in [6.45, 7) is 3.56. The van der Waals surface area contributed by atoms with Crippen LogP contribution in [0.3, 0.4) is 0 Å². The number of methoxy groups -OCH3 is 1. The summed E-state index contributed by atoms with van der Waals surface area (Å²) in [5.41, 5.74) is 0.283. The second-order valence-electron chi connectivity index (χ2n) is 3.89. The predicted molar refractivity (Wildman–Crippen MR) is 86.5 cm³/mol. The van der Waals surface area contributed by atoms with Gasteiger partial charge in [0.2, 0.25) is 10.0 Å². The van der Waals surface area contributed by atoms with Crippen LogP contribution >= 0.6 is 28.3 Å². The van der Waals surface area contributed by atoms with E-state index in [0.717, 1.165) is 6.54 Å². The van der Waals surface area contributed by atoms with Gasteiger partial charge in [-0.2, -0.15) is 0 Å². The van der Waals surface area contributed by atoms with E-state index in [4.69, 9.17) is 0 Å². The molecule has 21 heavy (non-hydrogen) atoms. The maximum atomic E-state index is 12.1. The zero-order chi connectivity index (χ0) is 15.2. The molecule has 0 bridgehead atoms. The van der Waals surface area contributed by atoms with Crippen LogP contribution < -0.4 is 10.0 Å². The number of likely N-dealkylation sites (N-methyl/N-ethyl adjacent to an activating group) is 1. The lowest BCUT2D eigenvalue weighted by atomic mass is 10.2. The molecule has 2 N–H and O–H groups in total. The zero-order valence-corrected chi connectivity index (χ0v) is 14.9. The third-order valence-electron chi connectivity index (χ3n) is 2.49. The van der Waals surface area contributed by atoms with Crippen LogP contribution in [0.2, 0.25) is 0 Å². The first-order chi connectivity index (χ1) is 9.42. The van der Waals surface area contributed by atoms with Gasteiger partial charge in [0.05, 0.1) is 17.6 Å². The Morgan fingerprint density at radius 3 is 2.52 bits per heavy atom. The van der Waals surface area contributed by atoms with Gasteiger partial charge in [0, 0.05) is 17.6 Å². The lowest BCUT2D eigenvalue weighted by molar-refractivity contribution is 0.0600. The number of nitrogens with one attached hydrogen (secondary N) is 2. The first-order valence-corrected chi connectivity index (χ1v) is 8.28. The van der Waals surface area contributed by atoms with Crippen molar-refractivity contribution < 1.29 is 17.9 Å². The summed E-state index contributed by atoms with van der Waals surface area (Å²) in [5.74, 6) is -0.519. The van der Waals surface area contributed by atoms with Gasteiger partial charge in [0.1, 0.15) is 0 Å². The van der Waals surface area contributed by atoms with Gasteiger partial charge in [-0.05, 0) is 40.7 Å². The van der Waals surface area contributed by atoms with E-state index in [-0.39, 0.29) is 22.9 Å². The molecule has 1 rings (SSSR count). The van der Waals surface area contributed by atoms with Crippen molar-refractivity contribution in [3.8, 4) is 0 Å². The molecule has 0 aliphatic heterocycles. The average molecular weight is 402 g/mol. The molecular formula is C12H18BrClN2O4S. The summed E-state index contributed by atoms with van der Waals surface area (Å²) in [6.07, 6.45) is 0. The van der Waals surface area contributed by atoms with Gasteiger partial charge < -0.3 is 10.1 Å². The van der Waals surface area contributed by atoms with E-state index < -0.39 is 16.0 Å². The Hall–Kier alpha value is -0.670. The fourth-order valence-electron chi connectivity index (χ4n) is 1.49. The summed E-state index contributed by atoms with van der Waals surface area (Å²) in [6, 6.07) is 4.20. The molecule has 0 fully saturated rings. The molecule has 0 aliphatic rings. The smallest absolute Gasteiger partial charge is 0.337 e. The number of hydrogen-bond acceptors (Lipinski definition) is 5. The molecule has 0 unspecified atom stereocenters. The van der Waals surface area contributed by atoms with E-state index in [1.807, 2.05) is 6.92 Å². The van der Waals surface area contributed by atoms with Gasteiger partial charge in [-0.25, -0.2) is 17.9 Å². The Bertz CT molecular complexity index is 581. The Morgan fingerprint density at radius 2 is 2.00 bits per heavy atom. The van der Waals surface area contributed by atoms with Crippen LogP contribution in [0.5, 0.6) is 0 Å². The van der Waals surface area contributed by atoms with Gasteiger partial charge >= 0.3 is 5.97 Å². The van der Waals surface area contributed by atoms with Crippen LogP contribution in [0, 0.1) is 0 Å². The molecule has 6 nitrogen and oxygen atoms in total. The zero-order valence-electron chi connectivity index (χ0n) is 11.7. The van der Waals surface area contributed by atoms with Gasteiger partial charge in [-0.1, -0.05) is 6.92 Å². The van der Waals surface area contributed by atoms with Gasteiger partial charge in [-0.3, -0.25) is 0 Å². The topological polar surface area (TPSA) is 84.5 Å². The molecule has 1 aromatic rings. The van der Waals surface area contributed by atoms with Crippen molar-refractivity contribution in [1.29, 1.82) is 0 Å². The highest BCUT2D eigenvalue weighted by Crippen LogP contribution is 2.23. The van der Waals surface area contributed by atoms with Gasteiger partial charge in [0.25, 0.3) is 0 Å². The Labute approximate surface area is 139 Å². The van der Waals surface area contributed by atoms with E-state index in [1.54, 1.807) is 0 Å². The minimum absolute atomic E-state index is 0.